The molecule has 1 aromatic rings. The van der Waals surface area contributed by atoms with Crippen molar-refractivity contribution in [2.24, 2.45) is 0 Å². The first-order chi connectivity index (χ1) is 7.61. The molecule has 0 atom stereocenters. The summed E-state index contributed by atoms with van der Waals surface area (Å²) in [5.41, 5.74) is 0.839. The average Bonchev–Trinajstić information content (AvgIpc) is 2.45. The summed E-state index contributed by atoms with van der Waals surface area (Å²) in [6.07, 6.45) is 0.948. The molecule has 6 nitrogen and oxygen atoms in total. The summed E-state index contributed by atoms with van der Waals surface area (Å²) in [6.45, 7) is 2.19. The Morgan fingerprint density at radius 1 is 1.56 bits per heavy atom. The third-order valence-electron chi connectivity index (χ3n) is 2.65. The number of fused-ring (bicyclic) bond motifs is 1. The summed E-state index contributed by atoms with van der Waals surface area (Å²) in [5, 5.41) is 17.3. The van der Waals surface area contributed by atoms with Gasteiger partial charge in [0.1, 0.15) is 0 Å². The van der Waals surface area contributed by atoms with Gasteiger partial charge in [-0.3, -0.25) is 9.48 Å². The molecule has 0 bridgehead atoms. The Morgan fingerprint density at radius 3 is 3.00 bits per heavy atom. The van der Waals surface area contributed by atoms with Crippen LogP contribution in [0.3, 0.4) is 0 Å². The quantitative estimate of drug-likeness (QED) is 0.692. The third kappa shape index (κ3) is 1.76. The molecule has 0 aromatic carbocycles. The van der Waals surface area contributed by atoms with Gasteiger partial charge in [-0.1, -0.05) is 0 Å². The van der Waals surface area contributed by atoms with E-state index >= 15 is 0 Å². The Balaban J connectivity index is 2.39. The molecule has 2 N–H and O–H groups in total. The molecule has 1 aromatic heterocycles. The summed E-state index contributed by atoms with van der Waals surface area (Å²) >= 11 is 0. The fraction of sp³-hybridized carbons (Fsp3) is 0.600. The van der Waals surface area contributed by atoms with Gasteiger partial charge in [-0.15, -0.1) is 0 Å². The predicted molar refractivity (Wildman–Crippen MR) is 58.2 cm³/mol. The highest BCUT2D eigenvalue weighted by Gasteiger charge is 2.24. The number of aromatic hydroxyl groups is 1. The van der Waals surface area contributed by atoms with Crippen LogP contribution >= 0.6 is 0 Å². The van der Waals surface area contributed by atoms with Crippen molar-refractivity contribution < 1.29 is 9.90 Å². The Kier molecular flexibility index (Phi) is 2.82. The van der Waals surface area contributed by atoms with Crippen LogP contribution in [0.4, 0.5) is 0 Å². The molecule has 0 radical (unpaired) electrons. The minimum atomic E-state index is -0.266. The Labute approximate surface area is 93.9 Å². The summed E-state index contributed by atoms with van der Waals surface area (Å²) in [5.74, 6) is -0.258. The second-order valence-corrected chi connectivity index (χ2v) is 4.10. The van der Waals surface area contributed by atoms with Crippen molar-refractivity contribution in [2.45, 2.75) is 19.5 Å². The molecule has 0 saturated carbocycles. The Morgan fingerprint density at radius 2 is 2.31 bits per heavy atom. The average molecular weight is 224 g/mol. The van der Waals surface area contributed by atoms with Gasteiger partial charge in [0.15, 0.2) is 11.4 Å². The van der Waals surface area contributed by atoms with E-state index in [-0.39, 0.29) is 17.4 Å². The van der Waals surface area contributed by atoms with E-state index < -0.39 is 0 Å². The molecule has 16 heavy (non-hydrogen) atoms. The molecule has 2 rings (SSSR count). The zero-order valence-corrected chi connectivity index (χ0v) is 9.53. The zero-order chi connectivity index (χ0) is 11.7. The van der Waals surface area contributed by atoms with E-state index in [2.05, 4.69) is 10.4 Å². The monoisotopic (exact) mass is 224 g/mol. The minimum Gasteiger partial charge on any atom is -0.504 e. The topological polar surface area (TPSA) is 70.4 Å². The van der Waals surface area contributed by atoms with Crippen LogP contribution in [0, 0.1) is 0 Å². The highest BCUT2D eigenvalue weighted by Crippen LogP contribution is 2.24. The van der Waals surface area contributed by atoms with E-state index in [9.17, 15) is 9.90 Å². The molecular formula is C10H16N4O2. The molecular weight excluding hydrogens is 208 g/mol. The van der Waals surface area contributed by atoms with E-state index in [1.54, 1.807) is 18.8 Å². The van der Waals surface area contributed by atoms with Gasteiger partial charge in [-0.25, -0.2) is 0 Å². The number of hydrogen-bond donors (Lipinski definition) is 2. The van der Waals surface area contributed by atoms with Crippen LogP contribution in [-0.2, 0) is 13.1 Å². The van der Waals surface area contributed by atoms with Crippen LogP contribution < -0.4 is 5.32 Å². The molecule has 0 spiro atoms. The summed E-state index contributed by atoms with van der Waals surface area (Å²) in [4.78, 5) is 13.2. The van der Waals surface area contributed by atoms with Crippen molar-refractivity contribution in [3.8, 4) is 5.75 Å². The maximum atomic E-state index is 11.7. The van der Waals surface area contributed by atoms with Crippen LogP contribution in [0.25, 0.3) is 0 Å². The van der Waals surface area contributed by atoms with Crippen molar-refractivity contribution in [2.75, 3.05) is 20.6 Å². The van der Waals surface area contributed by atoms with Gasteiger partial charge >= 0.3 is 0 Å². The number of nitrogens with zero attached hydrogens (tertiary/aromatic N) is 3. The lowest BCUT2D eigenvalue weighted by molar-refractivity contribution is 0.0818. The highest BCUT2D eigenvalue weighted by atomic mass is 16.3. The molecule has 6 heteroatoms. The number of aryl methyl sites for hydroxylation is 1. The normalized spacial score (nSPS) is 15.4. The van der Waals surface area contributed by atoms with Gasteiger partial charge in [0.05, 0.1) is 5.69 Å². The second-order valence-electron chi connectivity index (χ2n) is 4.10. The number of rotatable bonds is 1. The molecule has 1 amide bonds. The molecule has 1 aliphatic rings. The van der Waals surface area contributed by atoms with E-state index in [0.717, 1.165) is 19.5 Å². The Hall–Kier alpha value is -1.56. The lowest BCUT2D eigenvalue weighted by atomic mass is 10.3. The van der Waals surface area contributed by atoms with Crippen molar-refractivity contribution in [3.05, 3.63) is 11.4 Å². The first-order valence-electron chi connectivity index (χ1n) is 5.32. The first-order valence-corrected chi connectivity index (χ1v) is 5.32. The molecule has 0 aliphatic carbocycles. The van der Waals surface area contributed by atoms with Gasteiger partial charge in [-0.2, -0.15) is 5.10 Å². The lowest BCUT2D eigenvalue weighted by Gasteiger charge is -2.07. The maximum Gasteiger partial charge on any atom is 0.277 e. The smallest absolute Gasteiger partial charge is 0.277 e. The van der Waals surface area contributed by atoms with Crippen molar-refractivity contribution in [1.29, 1.82) is 0 Å². The number of hydrogen-bond acceptors (Lipinski definition) is 4. The van der Waals surface area contributed by atoms with Crippen molar-refractivity contribution in [1.82, 2.24) is 20.0 Å². The number of amides is 1. The summed E-state index contributed by atoms with van der Waals surface area (Å²) in [6, 6.07) is 0. The lowest BCUT2D eigenvalue weighted by Crippen LogP contribution is -2.22. The van der Waals surface area contributed by atoms with Crippen molar-refractivity contribution in [3.63, 3.8) is 0 Å². The molecule has 0 unspecified atom stereocenters. The van der Waals surface area contributed by atoms with E-state index in [0.29, 0.717) is 12.2 Å². The van der Waals surface area contributed by atoms with Crippen LogP contribution in [0.5, 0.6) is 5.75 Å². The molecule has 0 fully saturated rings. The molecule has 2 heterocycles. The second kappa shape index (κ2) is 4.13. The molecule has 88 valence electrons. The molecule has 0 saturated heterocycles. The van der Waals surface area contributed by atoms with Crippen LogP contribution in [-0.4, -0.2) is 46.3 Å². The number of carbonyl (C=O) groups excluding carboxylic acids is 1. The van der Waals surface area contributed by atoms with Gasteiger partial charge in [0.2, 0.25) is 0 Å². The van der Waals surface area contributed by atoms with E-state index in [4.69, 9.17) is 0 Å². The van der Waals surface area contributed by atoms with Crippen LogP contribution in [0.1, 0.15) is 22.6 Å². The fourth-order valence-electron chi connectivity index (χ4n) is 1.76. The third-order valence-corrected chi connectivity index (χ3v) is 2.65. The minimum absolute atomic E-state index is 0.00750. The van der Waals surface area contributed by atoms with Gasteiger partial charge in [0, 0.05) is 27.2 Å². The zero-order valence-electron chi connectivity index (χ0n) is 9.53. The van der Waals surface area contributed by atoms with Crippen LogP contribution in [0.15, 0.2) is 0 Å². The van der Waals surface area contributed by atoms with Crippen molar-refractivity contribution >= 4 is 5.91 Å². The fourth-order valence-corrected chi connectivity index (χ4v) is 1.76. The standard InChI is InChI=1S/C10H16N4O2/c1-13(2)10(16)8-9(15)7-6-11-4-3-5-14(7)12-8/h11,15H,3-6H2,1-2H3. The van der Waals surface area contributed by atoms with E-state index in [1.165, 1.54) is 4.90 Å². The maximum absolute atomic E-state index is 11.7. The first kappa shape index (κ1) is 10.9. The predicted octanol–water partition coefficient (Wildman–Crippen LogP) is -0.216. The van der Waals surface area contributed by atoms with Gasteiger partial charge in [-0.05, 0) is 13.0 Å². The highest BCUT2D eigenvalue weighted by molar-refractivity contribution is 5.94. The number of nitrogens with one attached hydrogen (secondary N) is 1. The number of aromatic nitrogens is 2. The number of carbonyl (C=O) groups is 1. The molecule has 1 aliphatic heterocycles. The SMILES string of the molecule is CN(C)C(=O)c1nn2c(c1O)CNCCC2. The van der Waals surface area contributed by atoms with E-state index in [1.807, 2.05) is 0 Å². The summed E-state index contributed by atoms with van der Waals surface area (Å²) in [7, 11) is 3.29. The summed E-state index contributed by atoms with van der Waals surface area (Å²) < 4.78 is 1.71. The largest absolute Gasteiger partial charge is 0.504 e. The van der Waals surface area contributed by atoms with Crippen LogP contribution in [0.2, 0.25) is 0 Å². The van der Waals surface area contributed by atoms with Gasteiger partial charge < -0.3 is 15.3 Å². The van der Waals surface area contributed by atoms with Gasteiger partial charge in [0.25, 0.3) is 5.91 Å². The Bertz CT molecular complexity index is 411.